The van der Waals surface area contributed by atoms with E-state index in [0.29, 0.717) is 12.0 Å². The van der Waals surface area contributed by atoms with Crippen molar-refractivity contribution in [2.24, 2.45) is 5.92 Å². The maximum Gasteiger partial charge on any atom is 0.410 e. The fourth-order valence-corrected chi connectivity index (χ4v) is 2.78. The van der Waals surface area contributed by atoms with Crippen molar-refractivity contribution in [1.29, 1.82) is 0 Å². The number of hydrogen-bond acceptors (Lipinski definition) is 4. The van der Waals surface area contributed by atoms with Gasteiger partial charge in [0.25, 0.3) is 0 Å². The summed E-state index contributed by atoms with van der Waals surface area (Å²) < 4.78 is 10.6. The van der Waals surface area contributed by atoms with Gasteiger partial charge in [0.2, 0.25) is 0 Å². The van der Waals surface area contributed by atoms with Gasteiger partial charge < -0.3 is 19.4 Å². The summed E-state index contributed by atoms with van der Waals surface area (Å²) in [5.74, 6) is 0.442. The first-order valence-electron chi connectivity index (χ1n) is 7.55. The summed E-state index contributed by atoms with van der Waals surface area (Å²) in [6, 6.07) is 2.33. The summed E-state index contributed by atoms with van der Waals surface area (Å²) in [6.07, 6.45) is 5.19. The Balaban J connectivity index is 1.89. The third-order valence-electron chi connectivity index (χ3n) is 3.85. The molecule has 2 atom stereocenters. The Morgan fingerprint density at radius 2 is 2.33 bits per heavy atom. The molecule has 2 unspecified atom stereocenters. The number of ether oxygens (including phenoxy) is 1. The SMILES string of the molecule is CNC(Cc1ccoc1)C1CCN(C(=O)OC(C)(C)C)C1. The molecule has 5 heteroatoms. The Morgan fingerprint density at radius 1 is 1.57 bits per heavy atom. The lowest BCUT2D eigenvalue weighted by Gasteiger charge is -2.26. The van der Waals surface area contributed by atoms with Gasteiger partial charge in [0.05, 0.1) is 12.5 Å². The zero-order chi connectivity index (χ0) is 15.5. The van der Waals surface area contributed by atoms with Crippen LogP contribution >= 0.6 is 0 Å². The molecule has 0 saturated carbocycles. The fraction of sp³-hybridized carbons (Fsp3) is 0.688. The highest BCUT2D eigenvalue weighted by atomic mass is 16.6. The Kier molecular flexibility index (Phi) is 4.93. The second-order valence-electron chi connectivity index (χ2n) is 6.71. The van der Waals surface area contributed by atoms with E-state index in [2.05, 4.69) is 5.32 Å². The van der Waals surface area contributed by atoms with Gasteiger partial charge in [-0.1, -0.05) is 0 Å². The number of carbonyl (C=O) groups excluding carboxylic acids is 1. The molecule has 2 rings (SSSR count). The summed E-state index contributed by atoms with van der Waals surface area (Å²) in [5.41, 5.74) is 0.749. The number of furan rings is 1. The van der Waals surface area contributed by atoms with Gasteiger partial charge in [-0.25, -0.2) is 4.79 Å². The Morgan fingerprint density at radius 3 is 2.90 bits per heavy atom. The fourth-order valence-electron chi connectivity index (χ4n) is 2.78. The quantitative estimate of drug-likeness (QED) is 0.927. The van der Waals surface area contributed by atoms with Crippen molar-refractivity contribution in [3.8, 4) is 0 Å². The van der Waals surface area contributed by atoms with Crippen LogP contribution in [-0.4, -0.2) is 42.8 Å². The van der Waals surface area contributed by atoms with Crippen molar-refractivity contribution in [2.45, 2.75) is 45.3 Å². The van der Waals surface area contributed by atoms with E-state index < -0.39 is 5.60 Å². The van der Waals surface area contributed by atoms with E-state index in [-0.39, 0.29) is 6.09 Å². The largest absolute Gasteiger partial charge is 0.472 e. The molecule has 1 amide bonds. The number of nitrogens with one attached hydrogen (secondary N) is 1. The molecule has 2 heterocycles. The van der Waals surface area contributed by atoms with Gasteiger partial charge in [-0.15, -0.1) is 0 Å². The van der Waals surface area contributed by atoms with Gasteiger partial charge in [0.15, 0.2) is 0 Å². The number of likely N-dealkylation sites (N-methyl/N-ethyl adjacent to an activating group) is 1. The van der Waals surface area contributed by atoms with Crippen LogP contribution in [-0.2, 0) is 11.2 Å². The van der Waals surface area contributed by atoms with Crippen LogP contribution in [0.15, 0.2) is 23.0 Å². The molecule has 0 spiro atoms. The smallest absolute Gasteiger partial charge is 0.410 e. The topological polar surface area (TPSA) is 54.7 Å². The van der Waals surface area contributed by atoms with Crippen molar-refractivity contribution in [2.75, 3.05) is 20.1 Å². The summed E-state index contributed by atoms with van der Waals surface area (Å²) in [4.78, 5) is 13.9. The average molecular weight is 294 g/mol. The summed E-state index contributed by atoms with van der Waals surface area (Å²) >= 11 is 0. The van der Waals surface area contributed by atoms with E-state index in [9.17, 15) is 4.79 Å². The highest BCUT2D eigenvalue weighted by Gasteiger charge is 2.33. The molecule has 1 aromatic rings. The number of carbonyl (C=O) groups is 1. The standard InChI is InChI=1S/C16H26N2O3/c1-16(2,3)21-15(19)18-7-5-13(10-18)14(17-4)9-12-6-8-20-11-12/h6,8,11,13-14,17H,5,7,9-10H2,1-4H3. The van der Waals surface area contributed by atoms with Crippen LogP contribution in [0, 0.1) is 5.92 Å². The predicted octanol–water partition coefficient (Wildman–Crippen LogP) is 2.67. The highest BCUT2D eigenvalue weighted by molar-refractivity contribution is 5.68. The minimum Gasteiger partial charge on any atom is -0.472 e. The number of nitrogens with zero attached hydrogens (tertiary/aromatic N) is 1. The van der Waals surface area contributed by atoms with Crippen LogP contribution in [0.3, 0.4) is 0 Å². The molecule has 5 nitrogen and oxygen atoms in total. The molecule has 1 aliphatic rings. The minimum atomic E-state index is -0.436. The maximum atomic E-state index is 12.1. The summed E-state index contributed by atoms with van der Waals surface area (Å²) in [5, 5.41) is 3.37. The predicted molar refractivity (Wildman–Crippen MR) is 81.2 cm³/mol. The first-order valence-corrected chi connectivity index (χ1v) is 7.55. The molecule has 1 aromatic heterocycles. The van der Waals surface area contributed by atoms with Crippen LogP contribution in [0.4, 0.5) is 4.79 Å². The Hall–Kier alpha value is -1.49. The van der Waals surface area contributed by atoms with Crippen LogP contribution in [0.5, 0.6) is 0 Å². The van der Waals surface area contributed by atoms with Crippen LogP contribution in [0.2, 0.25) is 0 Å². The van der Waals surface area contributed by atoms with Crippen LogP contribution in [0.1, 0.15) is 32.8 Å². The molecule has 0 aromatic carbocycles. The van der Waals surface area contributed by atoms with Gasteiger partial charge in [-0.05, 0) is 58.2 Å². The van der Waals surface area contributed by atoms with E-state index in [0.717, 1.165) is 25.9 Å². The lowest BCUT2D eigenvalue weighted by Crippen LogP contribution is -2.39. The molecule has 1 fully saturated rings. The van der Waals surface area contributed by atoms with E-state index >= 15 is 0 Å². The third-order valence-corrected chi connectivity index (χ3v) is 3.85. The third kappa shape index (κ3) is 4.49. The molecule has 0 aliphatic carbocycles. The van der Waals surface area contributed by atoms with E-state index in [4.69, 9.17) is 9.15 Å². The summed E-state index contributed by atoms with van der Waals surface area (Å²) in [7, 11) is 1.97. The number of amides is 1. The normalized spacial score (nSPS) is 20.6. The van der Waals surface area contributed by atoms with Gasteiger partial charge in [0.1, 0.15) is 5.60 Å². The van der Waals surface area contributed by atoms with Crippen LogP contribution in [0.25, 0.3) is 0 Å². The zero-order valence-corrected chi connectivity index (χ0v) is 13.4. The zero-order valence-electron chi connectivity index (χ0n) is 13.4. The molecule has 118 valence electrons. The molecule has 0 bridgehead atoms. The monoisotopic (exact) mass is 294 g/mol. The average Bonchev–Trinajstić information content (AvgIpc) is 3.05. The highest BCUT2D eigenvalue weighted by Crippen LogP contribution is 2.24. The lowest BCUT2D eigenvalue weighted by atomic mass is 9.94. The summed E-state index contributed by atoms with van der Waals surface area (Å²) in [6.45, 7) is 7.21. The van der Waals surface area contributed by atoms with Crippen molar-refractivity contribution in [3.05, 3.63) is 24.2 Å². The van der Waals surface area contributed by atoms with E-state index in [1.54, 1.807) is 12.5 Å². The first-order chi connectivity index (χ1) is 9.89. The number of rotatable bonds is 4. The van der Waals surface area contributed by atoms with Crippen molar-refractivity contribution in [1.82, 2.24) is 10.2 Å². The molecule has 1 saturated heterocycles. The van der Waals surface area contributed by atoms with Gasteiger partial charge in [-0.3, -0.25) is 0 Å². The maximum absolute atomic E-state index is 12.1. The first kappa shape index (κ1) is 15.9. The van der Waals surface area contributed by atoms with Crippen molar-refractivity contribution in [3.63, 3.8) is 0 Å². The lowest BCUT2D eigenvalue weighted by molar-refractivity contribution is 0.0285. The Labute approximate surface area is 126 Å². The van der Waals surface area contributed by atoms with Crippen molar-refractivity contribution < 1.29 is 13.9 Å². The van der Waals surface area contributed by atoms with Gasteiger partial charge in [-0.2, -0.15) is 0 Å². The number of likely N-dealkylation sites (tertiary alicyclic amines) is 1. The van der Waals surface area contributed by atoms with Gasteiger partial charge in [0, 0.05) is 19.1 Å². The molecule has 21 heavy (non-hydrogen) atoms. The molecule has 1 N–H and O–H groups in total. The van der Waals surface area contributed by atoms with Crippen LogP contribution < -0.4 is 5.32 Å². The van der Waals surface area contributed by atoms with Crippen molar-refractivity contribution >= 4 is 6.09 Å². The van der Waals surface area contributed by atoms with E-state index in [1.165, 1.54) is 5.56 Å². The molecule has 1 aliphatic heterocycles. The second kappa shape index (κ2) is 6.52. The number of hydrogen-bond donors (Lipinski definition) is 1. The van der Waals surface area contributed by atoms with Gasteiger partial charge >= 0.3 is 6.09 Å². The van der Waals surface area contributed by atoms with E-state index in [1.807, 2.05) is 38.8 Å². The Bertz CT molecular complexity index is 451. The molecule has 0 radical (unpaired) electrons. The molecular weight excluding hydrogens is 268 g/mol. The molecular formula is C16H26N2O3. The minimum absolute atomic E-state index is 0.205. The second-order valence-corrected chi connectivity index (χ2v) is 6.71.